The molecule has 1 aromatic heterocycles. The minimum atomic E-state index is -0.541. The minimum absolute atomic E-state index is 0.0108. The van der Waals surface area contributed by atoms with Gasteiger partial charge in [0.2, 0.25) is 0 Å². The van der Waals surface area contributed by atoms with E-state index in [9.17, 15) is 19.7 Å². The molecular formula is C20H23N3O5S. The van der Waals surface area contributed by atoms with Crippen molar-refractivity contribution in [1.82, 2.24) is 4.98 Å². The summed E-state index contributed by atoms with van der Waals surface area (Å²) in [5.41, 5.74) is 0.210. The third-order valence-corrected chi connectivity index (χ3v) is 5.49. The summed E-state index contributed by atoms with van der Waals surface area (Å²) >= 11 is 1.15. The number of hydrogen-bond donors (Lipinski definition) is 1. The molecule has 0 aliphatic carbocycles. The van der Waals surface area contributed by atoms with Crippen LogP contribution in [0.1, 0.15) is 26.3 Å². The van der Waals surface area contributed by atoms with Gasteiger partial charge in [-0.25, -0.2) is 0 Å². The molecular weight excluding hydrogens is 394 g/mol. The first kappa shape index (κ1) is 20.9. The number of aromatic nitrogens is 1. The first-order valence-corrected chi connectivity index (χ1v) is 10.0. The third-order valence-electron chi connectivity index (χ3n) is 4.53. The standard InChI is InChI=1S/C20H23N3O5S/c1-20(2,3)17(24)12-18-21-19(25)16(29-18)11-13-4-5-14(15(10-13)23(26)27)22-6-8-28-9-7-22/h4-5,10-12H,6-9H2,1-3H3,(H,21,25). The third kappa shape index (κ3) is 4.99. The van der Waals surface area contributed by atoms with Crippen LogP contribution < -0.4 is 19.7 Å². The number of nitro benzene ring substituents is 1. The zero-order chi connectivity index (χ0) is 21.2. The Kier molecular flexibility index (Phi) is 5.99. The second-order valence-electron chi connectivity index (χ2n) is 7.79. The summed E-state index contributed by atoms with van der Waals surface area (Å²) in [4.78, 5) is 40.2. The van der Waals surface area contributed by atoms with Gasteiger partial charge in [0.25, 0.3) is 11.2 Å². The van der Waals surface area contributed by atoms with Gasteiger partial charge in [-0.1, -0.05) is 26.8 Å². The Hall–Kier alpha value is -2.78. The van der Waals surface area contributed by atoms with Crippen LogP contribution in [0.2, 0.25) is 0 Å². The first-order valence-electron chi connectivity index (χ1n) is 9.23. The molecule has 154 valence electrons. The highest BCUT2D eigenvalue weighted by molar-refractivity contribution is 7.07. The van der Waals surface area contributed by atoms with E-state index in [-0.39, 0.29) is 17.0 Å². The second kappa shape index (κ2) is 8.30. The number of carbonyl (C=O) groups excluding carboxylic acids is 1. The maximum Gasteiger partial charge on any atom is 0.293 e. The molecule has 0 radical (unpaired) electrons. The molecule has 0 atom stereocenters. The molecule has 29 heavy (non-hydrogen) atoms. The Balaban J connectivity index is 2.00. The van der Waals surface area contributed by atoms with E-state index in [0.717, 1.165) is 11.3 Å². The predicted molar refractivity (Wildman–Crippen MR) is 113 cm³/mol. The number of thiazole rings is 1. The van der Waals surface area contributed by atoms with Crippen molar-refractivity contribution >= 4 is 40.6 Å². The van der Waals surface area contributed by atoms with Gasteiger partial charge in [0.15, 0.2) is 5.78 Å². The molecule has 2 heterocycles. The Morgan fingerprint density at radius 1 is 1.31 bits per heavy atom. The lowest BCUT2D eigenvalue weighted by molar-refractivity contribution is -0.384. The number of hydrogen-bond acceptors (Lipinski definition) is 7. The Morgan fingerprint density at radius 2 is 2.00 bits per heavy atom. The fraction of sp³-hybridized carbons (Fsp3) is 0.400. The minimum Gasteiger partial charge on any atom is -0.378 e. The van der Waals surface area contributed by atoms with Crippen molar-refractivity contribution in [2.45, 2.75) is 20.8 Å². The average molecular weight is 417 g/mol. The van der Waals surface area contributed by atoms with Crippen LogP contribution in [0.4, 0.5) is 11.4 Å². The summed E-state index contributed by atoms with van der Waals surface area (Å²) < 4.78 is 6.15. The number of nitrogens with one attached hydrogen (secondary N) is 1. The molecule has 1 saturated heterocycles. The smallest absolute Gasteiger partial charge is 0.293 e. The van der Waals surface area contributed by atoms with Crippen LogP contribution in [-0.4, -0.2) is 42.0 Å². The first-order chi connectivity index (χ1) is 13.6. The summed E-state index contributed by atoms with van der Waals surface area (Å²) in [6.45, 7) is 7.66. The highest BCUT2D eigenvalue weighted by Crippen LogP contribution is 2.30. The van der Waals surface area contributed by atoms with Crippen molar-refractivity contribution in [2.24, 2.45) is 5.41 Å². The number of morpholine rings is 1. The molecule has 1 aliphatic heterocycles. The molecule has 3 rings (SSSR count). The normalized spacial score (nSPS) is 16.3. The molecule has 0 saturated carbocycles. The number of nitro groups is 1. The van der Waals surface area contributed by atoms with Crippen LogP contribution in [0.15, 0.2) is 23.0 Å². The van der Waals surface area contributed by atoms with Crippen molar-refractivity contribution in [3.8, 4) is 0 Å². The van der Waals surface area contributed by atoms with E-state index in [2.05, 4.69) is 4.98 Å². The predicted octanol–water partition coefficient (Wildman–Crippen LogP) is 1.41. The molecule has 0 bridgehead atoms. The van der Waals surface area contributed by atoms with Crippen molar-refractivity contribution in [3.63, 3.8) is 0 Å². The number of Topliss-reactive ketones (excluding diaryl/α,β-unsaturated/α-hetero) is 1. The second-order valence-corrected chi connectivity index (χ2v) is 8.88. The quantitative estimate of drug-likeness (QED) is 0.596. The van der Waals surface area contributed by atoms with Gasteiger partial charge in [-0.15, -0.1) is 11.3 Å². The van der Waals surface area contributed by atoms with Crippen LogP contribution in [0.25, 0.3) is 12.2 Å². The van der Waals surface area contributed by atoms with Crippen molar-refractivity contribution in [1.29, 1.82) is 0 Å². The maximum atomic E-state index is 12.2. The highest BCUT2D eigenvalue weighted by atomic mass is 32.1. The zero-order valence-electron chi connectivity index (χ0n) is 16.6. The number of anilines is 1. The number of ether oxygens (including phenoxy) is 1. The molecule has 1 N–H and O–H groups in total. The Morgan fingerprint density at radius 3 is 2.62 bits per heavy atom. The van der Waals surface area contributed by atoms with E-state index in [4.69, 9.17) is 4.74 Å². The van der Waals surface area contributed by atoms with E-state index in [0.29, 0.717) is 46.7 Å². The molecule has 1 aromatic carbocycles. The van der Waals surface area contributed by atoms with Gasteiger partial charge in [0.05, 0.1) is 27.3 Å². The van der Waals surface area contributed by atoms with Gasteiger partial charge in [-0.05, 0) is 17.7 Å². The number of H-pyrrole nitrogens is 1. The van der Waals surface area contributed by atoms with E-state index in [1.165, 1.54) is 12.1 Å². The maximum absolute atomic E-state index is 12.2. The average Bonchev–Trinajstić information content (AvgIpc) is 3.00. The van der Waals surface area contributed by atoms with Gasteiger partial charge in [-0.2, -0.15) is 0 Å². The summed E-state index contributed by atoms with van der Waals surface area (Å²) in [6.07, 6.45) is 3.02. The number of carbonyl (C=O) groups is 1. The lowest BCUT2D eigenvalue weighted by atomic mass is 9.91. The van der Waals surface area contributed by atoms with Crippen LogP contribution in [0.5, 0.6) is 0 Å². The van der Waals surface area contributed by atoms with E-state index < -0.39 is 10.3 Å². The fourth-order valence-corrected chi connectivity index (χ4v) is 3.74. The molecule has 0 unspecified atom stereocenters. The summed E-state index contributed by atoms with van der Waals surface area (Å²) in [6, 6.07) is 4.92. The summed E-state index contributed by atoms with van der Waals surface area (Å²) in [5, 5.41) is 11.6. The van der Waals surface area contributed by atoms with Crippen LogP contribution in [0, 0.1) is 15.5 Å². The van der Waals surface area contributed by atoms with Gasteiger partial charge in [0.1, 0.15) is 5.69 Å². The highest BCUT2D eigenvalue weighted by Gasteiger charge is 2.22. The molecule has 1 fully saturated rings. The molecule has 2 aromatic rings. The fourth-order valence-electron chi connectivity index (χ4n) is 2.86. The molecule has 9 heteroatoms. The molecule has 8 nitrogen and oxygen atoms in total. The molecule has 0 amide bonds. The van der Waals surface area contributed by atoms with Crippen LogP contribution in [-0.2, 0) is 9.53 Å². The van der Waals surface area contributed by atoms with Gasteiger partial charge < -0.3 is 14.6 Å². The van der Waals surface area contributed by atoms with Crippen molar-refractivity contribution in [3.05, 3.63) is 53.4 Å². The van der Waals surface area contributed by atoms with Crippen molar-refractivity contribution < 1.29 is 14.5 Å². The zero-order valence-corrected chi connectivity index (χ0v) is 17.4. The largest absolute Gasteiger partial charge is 0.378 e. The molecule has 1 aliphatic rings. The van der Waals surface area contributed by atoms with E-state index in [1.54, 1.807) is 39.0 Å². The van der Waals surface area contributed by atoms with Gasteiger partial charge in [0, 0.05) is 30.6 Å². The number of ketones is 1. The Labute approximate surface area is 171 Å². The number of benzene rings is 1. The monoisotopic (exact) mass is 417 g/mol. The summed E-state index contributed by atoms with van der Waals surface area (Å²) in [5.74, 6) is -0.0907. The van der Waals surface area contributed by atoms with Gasteiger partial charge in [-0.3, -0.25) is 19.7 Å². The summed E-state index contributed by atoms with van der Waals surface area (Å²) in [7, 11) is 0. The number of rotatable bonds is 4. The Bertz CT molecular complexity index is 1100. The number of nitrogens with zero attached hydrogens (tertiary/aromatic N) is 2. The topological polar surface area (TPSA) is 106 Å². The van der Waals surface area contributed by atoms with Gasteiger partial charge >= 0.3 is 0 Å². The van der Waals surface area contributed by atoms with Crippen LogP contribution in [0.3, 0.4) is 0 Å². The van der Waals surface area contributed by atoms with E-state index in [1.807, 2.05) is 4.90 Å². The molecule has 0 spiro atoms. The number of aromatic amines is 1. The lowest BCUT2D eigenvalue weighted by Crippen LogP contribution is -2.36. The SMILES string of the molecule is CC(C)(C)C(=O)C=c1[nH]c(=O)c(=Cc2ccc(N3CCOCC3)c([N+](=O)[O-])c2)s1. The van der Waals surface area contributed by atoms with Crippen molar-refractivity contribution in [2.75, 3.05) is 31.2 Å². The van der Waals surface area contributed by atoms with E-state index >= 15 is 0 Å². The lowest BCUT2D eigenvalue weighted by Gasteiger charge is -2.28. The van der Waals surface area contributed by atoms with Crippen LogP contribution >= 0.6 is 11.3 Å².